The van der Waals surface area contributed by atoms with E-state index in [0.717, 1.165) is 5.56 Å². The first-order valence-electron chi connectivity index (χ1n) is 8.08. The number of methoxy groups -OCH3 is 1. The average Bonchev–Trinajstić information content (AvgIpc) is 2.65. The Morgan fingerprint density at radius 2 is 1.96 bits per heavy atom. The number of para-hydroxylation sites is 2. The predicted molar refractivity (Wildman–Crippen MR) is 93.9 cm³/mol. The third kappa shape index (κ3) is 3.88. The Bertz CT molecular complexity index is 850. The molecule has 25 heavy (non-hydrogen) atoms. The normalized spacial score (nSPS) is 16.5. The number of ether oxygens (including phenoxy) is 3. The van der Waals surface area contributed by atoms with Crippen LogP contribution in [0.5, 0.6) is 17.2 Å². The van der Waals surface area contributed by atoms with Crippen molar-refractivity contribution in [1.82, 2.24) is 4.72 Å². The highest BCUT2D eigenvalue weighted by Crippen LogP contribution is 2.30. The lowest BCUT2D eigenvalue weighted by Crippen LogP contribution is -2.40. The van der Waals surface area contributed by atoms with Crippen LogP contribution in [0, 0.1) is 0 Å². The van der Waals surface area contributed by atoms with Gasteiger partial charge in [-0.3, -0.25) is 0 Å². The van der Waals surface area contributed by atoms with Gasteiger partial charge in [0.05, 0.1) is 18.6 Å². The summed E-state index contributed by atoms with van der Waals surface area (Å²) >= 11 is 0. The molecule has 0 unspecified atom stereocenters. The smallest absolute Gasteiger partial charge is 0.240 e. The zero-order valence-electron chi connectivity index (χ0n) is 14.2. The first-order valence-corrected chi connectivity index (χ1v) is 9.57. The summed E-state index contributed by atoms with van der Waals surface area (Å²) in [5, 5.41) is 0. The molecule has 0 fully saturated rings. The molecule has 3 rings (SSSR count). The van der Waals surface area contributed by atoms with Gasteiger partial charge in [0, 0.05) is 0 Å². The summed E-state index contributed by atoms with van der Waals surface area (Å²) in [5.74, 6) is 1.97. The van der Waals surface area contributed by atoms with Gasteiger partial charge in [-0.2, -0.15) is 0 Å². The highest BCUT2D eigenvalue weighted by molar-refractivity contribution is 7.89. The van der Waals surface area contributed by atoms with Crippen LogP contribution >= 0.6 is 0 Å². The molecule has 0 amide bonds. The molecule has 1 atom stereocenters. The fraction of sp³-hybridized carbons (Fsp3) is 0.333. The van der Waals surface area contributed by atoms with Crippen LogP contribution in [0.1, 0.15) is 12.5 Å². The van der Waals surface area contributed by atoms with Gasteiger partial charge in [0.1, 0.15) is 18.5 Å². The van der Waals surface area contributed by atoms with Crippen molar-refractivity contribution in [2.45, 2.75) is 24.3 Å². The monoisotopic (exact) mass is 363 g/mol. The van der Waals surface area contributed by atoms with Crippen LogP contribution in [-0.4, -0.2) is 34.8 Å². The van der Waals surface area contributed by atoms with E-state index in [1.165, 1.54) is 6.07 Å². The quantitative estimate of drug-likeness (QED) is 0.853. The molecular weight excluding hydrogens is 342 g/mol. The van der Waals surface area contributed by atoms with Gasteiger partial charge >= 0.3 is 0 Å². The van der Waals surface area contributed by atoms with Gasteiger partial charge in [0.2, 0.25) is 10.0 Å². The lowest BCUT2D eigenvalue weighted by Gasteiger charge is -2.26. The second-order valence-electron chi connectivity index (χ2n) is 5.68. The summed E-state index contributed by atoms with van der Waals surface area (Å²) < 4.78 is 44.3. The minimum Gasteiger partial charge on any atom is -0.496 e. The van der Waals surface area contributed by atoms with Gasteiger partial charge in [-0.1, -0.05) is 19.1 Å². The summed E-state index contributed by atoms with van der Waals surface area (Å²) in [5.41, 5.74) is 0.844. The van der Waals surface area contributed by atoms with Crippen molar-refractivity contribution in [3.8, 4) is 17.2 Å². The van der Waals surface area contributed by atoms with Crippen LogP contribution < -0.4 is 18.9 Å². The Morgan fingerprint density at radius 3 is 2.68 bits per heavy atom. The molecular formula is C18H21NO5S. The van der Waals surface area contributed by atoms with E-state index in [2.05, 4.69) is 4.72 Å². The maximum atomic E-state index is 12.5. The number of hydrogen-bond acceptors (Lipinski definition) is 5. The second-order valence-corrected chi connectivity index (χ2v) is 7.44. The molecule has 6 nitrogen and oxygen atoms in total. The molecule has 7 heteroatoms. The third-order valence-electron chi connectivity index (χ3n) is 4.01. The molecule has 0 aliphatic carbocycles. The number of sulfonamides is 1. The van der Waals surface area contributed by atoms with E-state index < -0.39 is 10.0 Å². The van der Waals surface area contributed by atoms with Crippen molar-refractivity contribution in [2.75, 3.05) is 20.3 Å². The van der Waals surface area contributed by atoms with Gasteiger partial charge in [0.15, 0.2) is 11.5 Å². The van der Waals surface area contributed by atoms with E-state index in [9.17, 15) is 8.42 Å². The summed E-state index contributed by atoms with van der Waals surface area (Å²) in [6.07, 6.45) is 0.302. The van der Waals surface area contributed by atoms with Crippen LogP contribution in [-0.2, 0) is 16.4 Å². The van der Waals surface area contributed by atoms with Crippen molar-refractivity contribution < 1.29 is 22.6 Å². The highest BCUT2D eigenvalue weighted by Gasteiger charge is 2.23. The number of rotatable bonds is 6. The topological polar surface area (TPSA) is 73.9 Å². The van der Waals surface area contributed by atoms with Gasteiger partial charge in [-0.25, -0.2) is 13.1 Å². The number of nitrogens with one attached hydrogen (secondary N) is 1. The molecule has 1 N–H and O–H groups in total. The van der Waals surface area contributed by atoms with E-state index in [1.807, 2.05) is 25.1 Å². The summed E-state index contributed by atoms with van der Waals surface area (Å²) in [7, 11) is -2.07. The fourth-order valence-electron chi connectivity index (χ4n) is 2.65. The van der Waals surface area contributed by atoms with E-state index in [0.29, 0.717) is 30.3 Å². The first kappa shape index (κ1) is 17.6. The molecule has 1 aliphatic rings. The maximum absolute atomic E-state index is 12.5. The number of aryl methyl sites for hydroxylation is 1. The first-order chi connectivity index (χ1) is 12.0. The van der Waals surface area contributed by atoms with Crippen molar-refractivity contribution >= 4 is 10.0 Å². The molecule has 2 aromatic rings. The molecule has 0 saturated heterocycles. The minimum atomic E-state index is -3.64. The second kappa shape index (κ2) is 7.33. The van der Waals surface area contributed by atoms with Crippen LogP contribution in [0.25, 0.3) is 0 Å². The van der Waals surface area contributed by atoms with Gasteiger partial charge in [0.25, 0.3) is 0 Å². The Labute approximate surface area is 147 Å². The van der Waals surface area contributed by atoms with E-state index in [-0.39, 0.29) is 17.5 Å². The van der Waals surface area contributed by atoms with E-state index in [1.54, 1.807) is 25.3 Å². The number of hydrogen-bond donors (Lipinski definition) is 1. The molecule has 134 valence electrons. The molecule has 2 aromatic carbocycles. The fourth-order valence-corrected chi connectivity index (χ4v) is 3.76. The number of fused-ring (bicyclic) bond motifs is 1. The number of benzene rings is 2. The van der Waals surface area contributed by atoms with Crippen molar-refractivity contribution in [2.24, 2.45) is 0 Å². The Kier molecular flexibility index (Phi) is 5.15. The third-order valence-corrected chi connectivity index (χ3v) is 5.43. The van der Waals surface area contributed by atoms with Crippen LogP contribution in [0.3, 0.4) is 0 Å². The van der Waals surface area contributed by atoms with Crippen LogP contribution in [0.4, 0.5) is 0 Å². The Hall–Kier alpha value is -2.25. The molecule has 0 radical (unpaired) electrons. The zero-order chi connectivity index (χ0) is 17.9. The average molecular weight is 363 g/mol. The van der Waals surface area contributed by atoms with Gasteiger partial charge in [-0.05, 0) is 42.3 Å². The van der Waals surface area contributed by atoms with Crippen LogP contribution in [0.15, 0.2) is 47.4 Å². The Morgan fingerprint density at radius 1 is 1.20 bits per heavy atom. The lowest BCUT2D eigenvalue weighted by molar-refractivity contribution is 0.0943. The molecule has 1 aliphatic heterocycles. The lowest BCUT2D eigenvalue weighted by atomic mass is 10.1. The molecule has 0 aromatic heterocycles. The van der Waals surface area contributed by atoms with Gasteiger partial charge < -0.3 is 14.2 Å². The maximum Gasteiger partial charge on any atom is 0.240 e. The van der Waals surface area contributed by atoms with E-state index >= 15 is 0 Å². The van der Waals surface area contributed by atoms with Crippen molar-refractivity contribution in [1.29, 1.82) is 0 Å². The molecule has 1 heterocycles. The minimum absolute atomic E-state index is 0.129. The standard InChI is InChI=1S/C18H21NO5S/c1-3-13-10-15(8-9-16(13)22-2)25(20,21)19-11-14-12-23-17-6-4-5-7-18(17)24-14/h4-10,14,19H,3,11-12H2,1-2H3/t14-/m1/s1. The molecule has 0 saturated carbocycles. The highest BCUT2D eigenvalue weighted by atomic mass is 32.2. The van der Waals surface area contributed by atoms with Crippen molar-refractivity contribution in [3.63, 3.8) is 0 Å². The Balaban J connectivity index is 1.68. The largest absolute Gasteiger partial charge is 0.496 e. The van der Waals surface area contributed by atoms with Gasteiger partial charge in [-0.15, -0.1) is 0 Å². The predicted octanol–water partition coefficient (Wildman–Crippen LogP) is 2.38. The zero-order valence-corrected chi connectivity index (χ0v) is 15.0. The van der Waals surface area contributed by atoms with E-state index in [4.69, 9.17) is 14.2 Å². The summed E-state index contributed by atoms with van der Waals surface area (Å²) in [6.45, 7) is 2.37. The SMILES string of the molecule is CCc1cc(S(=O)(=O)NC[C@@H]2COc3ccccc3O2)ccc1OC. The molecule has 0 spiro atoms. The summed E-state index contributed by atoms with van der Waals surface area (Å²) in [6, 6.07) is 12.2. The van der Waals surface area contributed by atoms with Crippen LogP contribution in [0.2, 0.25) is 0 Å². The van der Waals surface area contributed by atoms with Crippen molar-refractivity contribution in [3.05, 3.63) is 48.0 Å². The molecule has 0 bridgehead atoms. The summed E-state index contributed by atoms with van der Waals surface area (Å²) in [4.78, 5) is 0.210.